The van der Waals surface area contributed by atoms with Crippen LogP contribution in [-0.2, 0) is 11.8 Å². The molecule has 38 heavy (non-hydrogen) atoms. The third-order valence-electron chi connectivity index (χ3n) is 5.67. The summed E-state index contributed by atoms with van der Waals surface area (Å²) >= 11 is 0. The molecule has 0 spiro atoms. The van der Waals surface area contributed by atoms with Crippen molar-refractivity contribution in [1.29, 1.82) is 0 Å². The first kappa shape index (κ1) is 26.6. The summed E-state index contributed by atoms with van der Waals surface area (Å²) in [5, 5.41) is 4.13. The second-order valence-corrected chi connectivity index (χ2v) is 8.22. The van der Waals surface area contributed by atoms with E-state index < -0.39 is 6.67 Å². The largest absolute Gasteiger partial charge is 0.377 e. The molecule has 0 aliphatic carbocycles. The second-order valence-electron chi connectivity index (χ2n) is 8.22. The molecule has 1 aliphatic heterocycles. The normalized spacial score (nSPS) is 16.2. The van der Waals surface area contributed by atoms with E-state index in [4.69, 9.17) is 4.74 Å². The lowest BCUT2D eigenvalue weighted by Gasteiger charge is -2.40. The number of anilines is 1. The summed E-state index contributed by atoms with van der Waals surface area (Å²) < 4.78 is 19.8. The maximum Gasteiger partial charge on any atom is 0.225 e. The monoisotopic (exact) mass is 517 g/mol. The average Bonchev–Trinajstić information content (AvgIpc) is 3.39. The zero-order valence-electron chi connectivity index (χ0n) is 21.1. The Hall–Kier alpha value is -4.41. The Morgan fingerprint density at radius 2 is 1.84 bits per heavy atom. The van der Waals surface area contributed by atoms with Gasteiger partial charge in [-0.2, -0.15) is 5.10 Å². The van der Waals surface area contributed by atoms with Crippen LogP contribution in [0.3, 0.4) is 0 Å². The molecule has 1 fully saturated rings. The van der Waals surface area contributed by atoms with E-state index in [9.17, 15) is 4.39 Å². The van der Waals surface area contributed by atoms with Crippen molar-refractivity contribution in [1.82, 2.24) is 34.6 Å². The van der Waals surface area contributed by atoms with Gasteiger partial charge in [-0.3, -0.25) is 19.6 Å². The molecule has 0 radical (unpaired) electrons. The Balaban J connectivity index is 1.37. The molecule has 12 nitrogen and oxygen atoms in total. The number of ether oxygens (including phenoxy) is 1. The summed E-state index contributed by atoms with van der Waals surface area (Å²) in [5.74, 6) is 7.28. The molecule has 1 saturated heterocycles. The molecule has 13 heteroatoms. The van der Waals surface area contributed by atoms with Crippen molar-refractivity contribution in [2.45, 2.75) is 6.04 Å². The Labute approximate surface area is 220 Å². The number of hydrogen-bond acceptors (Lipinski definition) is 9. The highest BCUT2D eigenvalue weighted by Gasteiger charge is 2.28. The first-order chi connectivity index (χ1) is 18.7. The zero-order valence-corrected chi connectivity index (χ0v) is 21.1. The molecule has 0 N–H and O–H groups in total. The highest BCUT2D eigenvalue weighted by Crippen LogP contribution is 2.16. The molecule has 4 heterocycles. The van der Waals surface area contributed by atoms with Crippen LogP contribution in [0.4, 0.5) is 10.3 Å². The lowest BCUT2D eigenvalue weighted by atomic mass is 10.2. The summed E-state index contributed by atoms with van der Waals surface area (Å²) in [6.07, 6.45) is 11.2. The number of nitrogens with zero attached hydrogens (tertiary/aromatic N) is 11. The Kier molecular flexibility index (Phi) is 9.66. The van der Waals surface area contributed by atoms with Crippen LogP contribution >= 0.6 is 0 Å². The van der Waals surface area contributed by atoms with Crippen LogP contribution in [0.2, 0.25) is 0 Å². The first-order valence-electron chi connectivity index (χ1n) is 11.9. The molecule has 0 bridgehead atoms. The molecular weight excluding hydrogens is 489 g/mol. The molecule has 1 atom stereocenters. The number of aromatic nitrogens is 6. The number of alkyl halides is 1. The smallest absolute Gasteiger partial charge is 0.225 e. The van der Waals surface area contributed by atoms with Gasteiger partial charge in [0.15, 0.2) is 5.82 Å². The van der Waals surface area contributed by atoms with Crippen LogP contribution in [0.25, 0.3) is 11.5 Å². The van der Waals surface area contributed by atoms with Crippen molar-refractivity contribution in [3.05, 3.63) is 48.2 Å². The molecule has 3 aromatic rings. The fourth-order valence-corrected chi connectivity index (χ4v) is 3.77. The van der Waals surface area contributed by atoms with Gasteiger partial charge >= 0.3 is 0 Å². The second kappa shape index (κ2) is 13.8. The van der Waals surface area contributed by atoms with E-state index in [0.29, 0.717) is 55.8 Å². The summed E-state index contributed by atoms with van der Waals surface area (Å²) in [7, 11) is 1.84. The number of hydrogen-bond donors (Lipinski definition) is 0. The van der Waals surface area contributed by atoms with Crippen molar-refractivity contribution in [2.75, 3.05) is 51.1 Å². The first-order valence-corrected chi connectivity index (χ1v) is 11.9. The minimum Gasteiger partial charge on any atom is -0.377 e. The van der Waals surface area contributed by atoms with Crippen molar-refractivity contribution in [3.63, 3.8) is 0 Å². The number of halogens is 1. The fraction of sp³-hybridized carbons (Fsp3) is 0.360. The van der Waals surface area contributed by atoms with Crippen LogP contribution in [0.15, 0.2) is 52.0 Å². The van der Waals surface area contributed by atoms with E-state index >= 15 is 0 Å². The number of piperazine rings is 1. The van der Waals surface area contributed by atoms with Crippen molar-refractivity contribution >= 4 is 25.3 Å². The van der Waals surface area contributed by atoms with Crippen molar-refractivity contribution in [2.24, 2.45) is 22.0 Å². The van der Waals surface area contributed by atoms with Gasteiger partial charge in [0, 0.05) is 57.7 Å². The Morgan fingerprint density at radius 3 is 2.50 bits per heavy atom. The maximum atomic E-state index is 12.6. The van der Waals surface area contributed by atoms with E-state index in [-0.39, 0.29) is 12.6 Å². The minimum absolute atomic E-state index is 0.00801. The Bertz CT molecular complexity index is 1300. The van der Waals surface area contributed by atoms with Gasteiger partial charge in [-0.05, 0) is 12.8 Å². The predicted octanol–water partition coefficient (Wildman–Crippen LogP) is 1.26. The van der Waals surface area contributed by atoms with Gasteiger partial charge in [0.1, 0.15) is 25.0 Å². The van der Waals surface area contributed by atoms with E-state index in [2.05, 4.69) is 68.4 Å². The summed E-state index contributed by atoms with van der Waals surface area (Å²) in [6, 6.07) is 1.84. The summed E-state index contributed by atoms with van der Waals surface area (Å²) in [6.45, 7) is 5.71. The summed E-state index contributed by atoms with van der Waals surface area (Å²) in [4.78, 5) is 33.7. The van der Waals surface area contributed by atoms with Crippen LogP contribution < -0.4 is 4.90 Å². The summed E-state index contributed by atoms with van der Waals surface area (Å²) in [5.41, 5.74) is 2.18. The Morgan fingerprint density at radius 1 is 1.11 bits per heavy atom. The quantitative estimate of drug-likeness (QED) is 0.171. The molecular formula is C25H28FN11O. The van der Waals surface area contributed by atoms with Gasteiger partial charge in [0.2, 0.25) is 5.95 Å². The van der Waals surface area contributed by atoms with Crippen molar-refractivity contribution < 1.29 is 9.13 Å². The molecule has 1 aliphatic rings. The number of aryl methyl sites for hydroxylation is 1. The minimum atomic E-state index is -0.524. The molecule has 0 amide bonds. The van der Waals surface area contributed by atoms with E-state index in [1.54, 1.807) is 35.7 Å². The van der Waals surface area contributed by atoms with Gasteiger partial charge in [0.05, 0.1) is 37.1 Å². The van der Waals surface area contributed by atoms with Crippen molar-refractivity contribution in [3.8, 4) is 23.4 Å². The maximum absolute atomic E-state index is 12.6. The van der Waals surface area contributed by atoms with Gasteiger partial charge in [0.25, 0.3) is 0 Å². The van der Waals surface area contributed by atoms with E-state index in [1.807, 2.05) is 13.1 Å². The van der Waals surface area contributed by atoms with Gasteiger partial charge in [-0.15, -0.1) is 0 Å². The van der Waals surface area contributed by atoms with Gasteiger partial charge < -0.3 is 9.64 Å². The molecule has 4 rings (SSSR count). The van der Waals surface area contributed by atoms with Crippen LogP contribution in [-0.4, -0.2) is 106 Å². The number of aliphatic imine (C=N–C) groups is 3. The predicted molar refractivity (Wildman–Crippen MR) is 143 cm³/mol. The van der Waals surface area contributed by atoms with E-state index in [1.165, 1.54) is 12.7 Å². The average molecular weight is 518 g/mol. The zero-order chi connectivity index (χ0) is 26.6. The van der Waals surface area contributed by atoms with Crippen LogP contribution in [0.1, 0.15) is 11.1 Å². The topological polar surface area (TPSA) is 122 Å². The fourth-order valence-electron chi connectivity index (χ4n) is 3.77. The third kappa shape index (κ3) is 7.31. The van der Waals surface area contributed by atoms with Gasteiger partial charge in [-0.25, -0.2) is 29.3 Å². The van der Waals surface area contributed by atoms with Crippen LogP contribution in [0, 0.1) is 11.8 Å². The lowest BCUT2D eigenvalue weighted by Crippen LogP contribution is -2.55. The third-order valence-corrected chi connectivity index (χ3v) is 5.67. The molecule has 0 aromatic carbocycles. The van der Waals surface area contributed by atoms with Gasteiger partial charge in [-0.1, -0.05) is 11.8 Å². The standard InChI is InChI=1S/C25H28FN11O/c1-27-17-28-18-29-19-37-9-8-36(15-22(37)16-38-10-6-26)25-32-13-21(14-33-25)4-3-20-11-30-24(31-12-20)23-5-7-34-35(23)2/h5,7,11-14,17-18,22H,1,6,8-10,15-16,19H2,2H3/b28-17?,29-18-. The number of rotatable bonds is 10. The SMILES string of the molecule is C=NC=N/C=N\CN1CCN(c2ncc(C#Cc3cnc(-c4ccnn4C)nc3)cn2)CC1COCCF. The highest BCUT2D eigenvalue weighted by atomic mass is 19.1. The lowest BCUT2D eigenvalue weighted by molar-refractivity contribution is 0.0483. The molecule has 0 saturated carbocycles. The molecule has 196 valence electrons. The molecule has 3 aromatic heterocycles. The molecule has 1 unspecified atom stereocenters. The highest BCUT2D eigenvalue weighted by molar-refractivity contribution is 5.73. The van der Waals surface area contributed by atoms with E-state index in [0.717, 1.165) is 5.69 Å². The van der Waals surface area contributed by atoms with Crippen LogP contribution in [0.5, 0.6) is 0 Å².